The first kappa shape index (κ1) is 12.5. The van der Waals surface area contributed by atoms with Crippen LogP contribution in [0.4, 0.5) is 4.79 Å². The van der Waals surface area contributed by atoms with E-state index in [-0.39, 0.29) is 18.6 Å². The van der Waals surface area contributed by atoms with E-state index in [2.05, 4.69) is 0 Å². The van der Waals surface area contributed by atoms with Crippen LogP contribution in [0.15, 0.2) is 0 Å². The number of carbonyl (C=O) groups is 3. The van der Waals surface area contributed by atoms with Gasteiger partial charge in [0.15, 0.2) is 0 Å². The Morgan fingerprint density at radius 3 is 2.12 bits per heavy atom. The topological polar surface area (TPSA) is 95.7 Å². The molecule has 0 spiro atoms. The highest BCUT2D eigenvalue weighted by Gasteiger charge is 2.55. The molecule has 0 radical (unpaired) electrons. The SMILES string of the molecule is CC(C)(C)OC(=O)C1(OC(N)=O)CC(=O)C1. The van der Waals surface area contributed by atoms with Gasteiger partial charge in [-0.2, -0.15) is 0 Å². The second-order valence-electron chi connectivity index (χ2n) is 4.81. The summed E-state index contributed by atoms with van der Waals surface area (Å²) in [5, 5.41) is 0. The molecule has 1 rings (SSSR count). The van der Waals surface area contributed by atoms with E-state index >= 15 is 0 Å². The van der Waals surface area contributed by atoms with Crippen molar-refractivity contribution in [1.29, 1.82) is 0 Å². The maximum absolute atomic E-state index is 11.7. The number of primary amides is 1. The molecule has 0 aromatic heterocycles. The molecule has 1 saturated carbocycles. The fraction of sp³-hybridized carbons (Fsp3) is 0.700. The highest BCUT2D eigenvalue weighted by molar-refractivity contribution is 6.01. The molecule has 16 heavy (non-hydrogen) atoms. The van der Waals surface area contributed by atoms with Gasteiger partial charge < -0.3 is 15.2 Å². The third-order valence-corrected chi connectivity index (χ3v) is 2.03. The van der Waals surface area contributed by atoms with Crippen LogP contribution in [0.25, 0.3) is 0 Å². The Morgan fingerprint density at radius 1 is 1.31 bits per heavy atom. The summed E-state index contributed by atoms with van der Waals surface area (Å²) in [6.45, 7) is 5.05. The monoisotopic (exact) mass is 229 g/mol. The molecule has 1 aliphatic rings. The maximum atomic E-state index is 11.7. The van der Waals surface area contributed by atoms with Gasteiger partial charge in [0.25, 0.3) is 0 Å². The Balaban J connectivity index is 2.75. The van der Waals surface area contributed by atoms with Crippen molar-refractivity contribution >= 4 is 17.8 Å². The molecule has 0 atom stereocenters. The number of Topliss-reactive ketones (excluding diaryl/α,β-unsaturated/α-hetero) is 1. The molecule has 2 N–H and O–H groups in total. The van der Waals surface area contributed by atoms with Gasteiger partial charge in [-0.1, -0.05) is 0 Å². The van der Waals surface area contributed by atoms with Crippen LogP contribution in [-0.2, 0) is 19.1 Å². The fourth-order valence-electron chi connectivity index (χ4n) is 1.41. The number of esters is 1. The second kappa shape index (κ2) is 3.77. The number of ketones is 1. The van der Waals surface area contributed by atoms with Crippen LogP contribution in [0.3, 0.4) is 0 Å². The summed E-state index contributed by atoms with van der Waals surface area (Å²) in [7, 11) is 0. The van der Waals surface area contributed by atoms with E-state index in [4.69, 9.17) is 15.2 Å². The second-order valence-corrected chi connectivity index (χ2v) is 4.81. The number of hydrogen-bond acceptors (Lipinski definition) is 5. The van der Waals surface area contributed by atoms with Crippen molar-refractivity contribution < 1.29 is 23.9 Å². The van der Waals surface area contributed by atoms with Gasteiger partial charge in [-0.15, -0.1) is 0 Å². The van der Waals surface area contributed by atoms with Gasteiger partial charge in [0, 0.05) is 0 Å². The summed E-state index contributed by atoms with van der Waals surface area (Å²) in [5.74, 6) is -0.884. The molecule has 0 unspecified atom stereocenters. The molecule has 1 aliphatic carbocycles. The molecular formula is C10H15NO5. The molecule has 0 saturated heterocycles. The molecule has 90 valence electrons. The molecule has 0 aliphatic heterocycles. The Kier molecular flexibility index (Phi) is 2.94. The Labute approximate surface area is 93.1 Å². The van der Waals surface area contributed by atoms with Gasteiger partial charge in [0.2, 0.25) is 5.60 Å². The number of hydrogen-bond donors (Lipinski definition) is 1. The van der Waals surface area contributed by atoms with Crippen LogP contribution in [0, 0.1) is 0 Å². The molecule has 0 aromatic carbocycles. The Bertz CT molecular complexity index is 334. The van der Waals surface area contributed by atoms with Crippen molar-refractivity contribution in [2.45, 2.75) is 44.8 Å². The standard InChI is InChI=1S/C10H15NO5/c1-9(2,3)15-7(13)10(16-8(11)14)4-6(12)5-10/h4-5H2,1-3H3,(H2,11,14). The minimum atomic E-state index is -1.50. The number of nitrogens with two attached hydrogens (primary N) is 1. The first-order valence-electron chi connectivity index (χ1n) is 4.88. The first-order valence-corrected chi connectivity index (χ1v) is 4.88. The quantitative estimate of drug-likeness (QED) is 0.696. The zero-order chi connectivity index (χ0) is 12.6. The molecule has 6 nitrogen and oxygen atoms in total. The first-order chi connectivity index (χ1) is 7.15. The normalized spacial score (nSPS) is 18.6. The number of rotatable bonds is 2. The summed E-state index contributed by atoms with van der Waals surface area (Å²) in [6.07, 6.45) is -1.41. The summed E-state index contributed by atoms with van der Waals surface area (Å²) in [6, 6.07) is 0. The summed E-state index contributed by atoms with van der Waals surface area (Å²) in [4.78, 5) is 33.3. The van der Waals surface area contributed by atoms with Crippen molar-refractivity contribution in [3.63, 3.8) is 0 Å². The highest BCUT2D eigenvalue weighted by atomic mass is 16.6. The van der Waals surface area contributed by atoms with Crippen molar-refractivity contribution in [3.05, 3.63) is 0 Å². The molecular weight excluding hydrogens is 214 g/mol. The minimum absolute atomic E-state index is 0.160. The predicted molar refractivity (Wildman–Crippen MR) is 53.5 cm³/mol. The van der Waals surface area contributed by atoms with E-state index < -0.39 is 23.3 Å². The minimum Gasteiger partial charge on any atom is -0.457 e. The van der Waals surface area contributed by atoms with Gasteiger partial charge in [0.05, 0.1) is 12.8 Å². The average molecular weight is 229 g/mol. The zero-order valence-electron chi connectivity index (χ0n) is 9.53. The van der Waals surface area contributed by atoms with E-state index in [1.807, 2.05) is 0 Å². The third kappa shape index (κ3) is 2.71. The smallest absolute Gasteiger partial charge is 0.405 e. The van der Waals surface area contributed by atoms with E-state index in [0.717, 1.165) is 0 Å². The molecule has 0 heterocycles. The van der Waals surface area contributed by atoms with E-state index in [9.17, 15) is 14.4 Å². The predicted octanol–water partition coefficient (Wildman–Crippen LogP) is 0.525. The average Bonchev–Trinajstić information content (AvgIpc) is 1.96. The van der Waals surface area contributed by atoms with Gasteiger partial charge >= 0.3 is 12.1 Å². The van der Waals surface area contributed by atoms with Gasteiger partial charge in [-0.05, 0) is 20.8 Å². The van der Waals surface area contributed by atoms with Crippen LogP contribution < -0.4 is 5.73 Å². The summed E-state index contributed by atoms with van der Waals surface area (Å²) < 4.78 is 9.77. The van der Waals surface area contributed by atoms with Gasteiger partial charge in [0.1, 0.15) is 11.4 Å². The number of ether oxygens (including phenoxy) is 2. The zero-order valence-corrected chi connectivity index (χ0v) is 9.53. The van der Waals surface area contributed by atoms with Gasteiger partial charge in [-0.25, -0.2) is 9.59 Å². The van der Waals surface area contributed by atoms with Gasteiger partial charge in [-0.3, -0.25) is 4.79 Å². The number of carbonyl (C=O) groups excluding carboxylic acids is 3. The number of amides is 1. The summed E-state index contributed by atoms with van der Waals surface area (Å²) >= 11 is 0. The maximum Gasteiger partial charge on any atom is 0.405 e. The van der Waals surface area contributed by atoms with Crippen molar-refractivity contribution in [2.24, 2.45) is 5.73 Å². The Morgan fingerprint density at radius 2 is 1.81 bits per heavy atom. The molecule has 6 heteroatoms. The lowest BCUT2D eigenvalue weighted by Gasteiger charge is -2.38. The van der Waals surface area contributed by atoms with E-state index in [1.54, 1.807) is 20.8 Å². The third-order valence-electron chi connectivity index (χ3n) is 2.03. The molecule has 0 aromatic rings. The van der Waals surface area contributed by atoms with Crippen molar-refractivity contribution in [2.75, 3.05) is 0 Å². The van der Waals surface area contributed by atoms with Crippen LogP contribution >= 0.6 is 0 Å². The highest BCUT2D eigenvalue weighted by Crippen LogP contribution is 2.35. The Hall–Kier alpha value is -1.59. The van der Waals surface area contributed by atoms with Crippen LogP contribution in [0.1, 0.15) is 33.6 Å². The van der Waals surface area contributed by atoms with E-state index in [0.29, 0.717) is 0 Å². The van der Waals surface area contributed by atoms with Crippen LogP contribution in [-0.4, -0.2) is 29.0 Å². The molecule has 0 bridgehead atoms. The molecule has 1 amide bonds. The van der Waals surface area contributed by atoms with Crippen molar-refractivity contribution in [3.8, 4) is 0 Å². The van der Waals surface area contributed by atoms with Crippen LogP contribution in [0.5, 0.6) is 0 Å². The lowest BCUT2D eigenvalue weighted by Crippen LogP contribution is -2.57. The molecule has 1 fully saturated rings. The largest absolute Gasteiger partial charge is 0.457 e. The van der Waals surface area contributed by atoms with Crippen LogP contribution in [0.2, 0.25) is 0 Å². The fourth-order valence-corrected chi connectivity index (χ4v) is 1.41. The summed E-state index contributed by atoms with van der Waals surface area (Å²) in [5.41, 5.74) is 2.65. The van der Waals surface area contributed by atoms with Crippen molar-refractivity contribution in [1.82, 2.24) is 0 Å². The lowest BCUT2D eigenvalue weighted by atomic mass is 9.78. The van der Waals surface area contributed by atoms with E-state index in [1.165, 1.54) is 0 Å². The lowest BCUT2D eigenvalue weighted by molar-refractivity contribution is -0.187.